The first-order chi connectivity index (χ1) is 15.3. The largest absolute Gasteiger partial charge is 0.396 e. The normalized spacial score (nSPS) is 26.0. The number of halogens is 1. The van der Waals surface area contributed by atoms with Gasteiger partial charge in [-0.2, -0.15) is 0 Å². The molecule has 172 valence electrons. The Kier molecular flexibility index (Phi) is 6.88. The fourth-order valence-electron chi connectivity index (χ4n) is 4.38. The minimum atomic E-state index is -1.47. The summed E-state index contributed by atoms with van der Waals surface area (Å²) >= 11 is 6.62. The molecule has 2 aromatic carbocycles. The van der Waals surface area contributed by atoms with Gasteiger partial charge < -0.3 is 34.8 Å². The van der Waals surface area contributed by atoms with Crippen LogP contribution in [0.1, 0.15) is 28.5 Å². The van der Waals surface area contributed by atoms with Gasteiger partial charge in [-0.15, -0.1) is 0 Å². The Morgan fingerprint density at radius 3 is 2.31 bits per heavy atom. The number of nitrogens with zero attached hydrogens (tertiary/aromatic N) is 1. The number of rotatable bonds is 6. The van der Waals surface area contributed by atoms with Crippen LogP contribution in [0.3, 0.4) is 0 Å². The van der Waals surface area contributed by atoms with E-state index in [1.807, 2.05) is 49.5 Å². The number of benzene rings is 2. The molecule has 0 bridgehead atoms. The third-order valence-electron chi connectivity index (χ3n) is 6.07. The summed E-state index contributed by atoms with van der Waals surface area (Å²) in [6.07, 6.45) is -3.28. The van der Waals surface area contributed by atoms with E-state index >= 15 is 0 Å². The van der Waals surface area contributed by atoms with Crippen molar-refractivity contribution in [3.05, 3.63) is 69.9 Å². The number of aryl methyl sites for hydroxylation is 1. The lowest BCUT2D eigenvalue weighted by Gasteiger charge is -2.40. The molecule has 2 heterocycles. The van der Waals surface area contributed by atoms with Crippen molar-refractivity contribution in [2.75, 3.05) is 13.2 Å². The second kappa shape index (κ2) is 9.49. The molecule has 1 fully saturated rings. The van der Waals surface area contributed by atoms with Gasteiger partial charge in [0.25, 0.3) is 0 Å². The molecule has 3 aromatic rings. The molecule has 0 spiro atoms. The molecule has 1 saturated heterocycles. The topological polar surface area (TPSA) is 115 Å². The zero-order valence-corrected chi connectivity index (χ0v) is 18.5. The van der Waals surface area contributed by atoms with Crippen LogP contribution in [0.5, 0.6) is 0 Å². The second-order valence-corrected chi connectivity index (χ2v) is 8.80. The van der Waals surface area contributed by atoms with Crippen molar-refractivity contribution in [3.63, 3.8) is 0 Å². The van der Waals surface area contributed by atoms with Gasteiger partial charge in [0.1, 0.15) is 24.4 Å². The highest BCUT2D eigenvalue weighted by Crippen LogP contribution is 2.37. The van der Waals surface area contributed by atoms with Crippen LogP contribution in [0.25, 0.3) is 10.9 Å². The molecular formula is C24H28ClNO6. The first kappa shape index (κ1) is 23.2. The lowest BCUT2D eigenvalue weighted by atomic mass is 9.98. The van der Waals surface area contributed by atoms with Gasteiger partial charge >= 0.3 is 0 Å². The molecule has 1 aromatic heterocycles. The molecule has 4 rings (SSSR count). The van der Waals surface area contributed by atoms with Crippen molar-refractivity contribution in [1.29, 1.82) is 0 Å². The van der Waals surface area contributed by atoms with Crippen LogP contribution in [0.15, 0.2) is 42.6 Å². The van der Waals surface area contributed by atoms with Gasteiger partial charge in [0.2, 0.25) is 0 Å². The van der Waals surface area contributed by atoms with E-state index < -0.39 is 37.3 Å². The van der Waals surface area contributed by atoms with Crippen molar-refractivity contribution in [1.82, 2.24) is 4.57 Å². The van der Waals surface area contributed by atoms with E-state index in [1.54, 1.807) is 4.57 Å². The molecular weight excluding hydrogens is 434 g/mol. The van der Waals surface area contributed by atoms with Crippen molar-refractivity contribution in [2.24, 2.45) is 0 Å². The predicted octanol–water partition coefficient (Wildman–Crippen LogP) is 1.70. The third kappa shape index (κ3) is 4.30. The summed E-state index contributed by atoms with van der Waals surface area (Å²) in [5.41, 5.74) is 4.67. The molecule has 0 unspecified atom stereocenters. The van der Waals surface area contributed by atoms with Crippen LogP contribution in [0, 0.1) is 6.92 Å². The monoisotopic (exact) mass is 461 g/mol. The number of hydrogen-bond acceptors (Lipinski definition) is 6. The van der Waals surface area contributed by atoms with Gasteiger partial charge in [-0.1, -0.05) is 35.9 Å². The Hall–Kier alpha value is -1.97. The zero-order valence-electron chi connectivity index (χ0n) is 17.7. The van der Waals surface area contributed by atoms with E-state index in [0.717, 1.165) is 33.2 Å². The SMILES string of the molecule is Cc1cc(Cl)c2c(Cc3ccc(CCO)cc3)cn([C@@H]3O[C@H](CO)[C@@H](O)[C@H](O)[C@H]3O)c2c1. The van der Waals surface area contributed by atoms with Crippen molar-refractivity contribution < 1.29 is 30.3 Å². The number of aliphatic hydroxyl groups is 5. The molecule has 1 aliphatic heterocycles. The Labute approximate surface area is 191 Å². The van der Waals surface area contributed by atoms with E-state index in [0.29, 0.717) is 17.9 Å². The Balaban J connectivity index is 1.77. The molecule has 8 heteroatoms. The van der Waals surface area contributed by atoms with Gasteiger partial charge in [0.05, 0.1) is 17.1 Å². The van der Waals surface area contributed by atoms with Crippen LogP contribution >= 0.6 is 11.6 Å². The number of aromatic nitrogens is 1. The van der Waals surface area contributed by atoms with Crippen molar-refractivity contribution in [3.8, 4) is 0 Å². The summed E-state index contributed by atoms with van der Waals surface area (Å²) in [6, 6.07) is 11.8. The summed E-state index contributed by atoms with van der Waals surface area (Å²) in [5, 5.41) is 51.1. The van der Waals surface area contributed by atoms with Crippen LogP contribution in [0.4, 0.5) is 0 Å². The van der Waals surface area contributed by atoms with E-state index in [9.17, 15) is 20.4 Å². The maximum Gasteiger partial charge on any atom is 0.163 e. The van der Waals surface area contributed by atoms with E-state index in [2.05, 4.69) is 0 Å². The lowest BCUT2D eigenvalue weighted by molar-refractivity contribution is -0.250. The van der Waals surface area contributed by atoms with Crippen LogP contribution < -0.4 is 0 Å². The molecule has 0 aliphatic carbocycles. The first-order valence-corrected chi connectivity index (χ1v) is 11.0. The van der Waals surface area contributed by atoms with Crippen LogP contribution in [-0.2, 0) is 17.6 Å². The highest BCUT2D eigenvalue weighted by molar-refractivity contribution is 6.35. The van der Waals surface area contributed by atoms with Gasteiger partial charge in [-0.3, -0.25) is 0 Å². The molecule has 5 atom stereocenters. The third-order valence-corrected chi connectivity index (χ3v) is 6.37. The maximum absolute atomic E-state index is 10.7. The maximum atomic E-state index is 10.7. The lowest BCUT2D eigenvalue weighted by Crippen LogP contribution is -2.56. The molecule has 7 nitrogen and oxygen atoms in total. The van der Waals surface area contributed by atoms with Gasteiger partial charge in [-0.05, 0) is 54.2 Å². The Morgan fingerprint density at radius 2 is 1.66 bits per heavy atom. The Bertz CT molecular complexity index is 1080. The molecule has 0 saturated carbocycles. The van der Waals surface area contributed by atoms with E-state index in [-0.39, 0.29) is 6.61 Å². The highest BCUT2D eigenvalue weighted by atomic mass is 35.5. The molecule has 1 aliphatic rings. The quantitative estimate of drug-likeness (QED) is 0.381. The second-order valence-electron chi connectivity index (χ2n) is 8.39. The molecule has 32 heavy (non-hydrogen) atoms. The Morgan fingerprint density at radius 1 is 0.969 bits per heavy atom. The van der Waals surface area contributed by atoms with Crippen molar-refractivity contribution in [2.45, 2.75) is 50.4 Å². The smallest absolute Gasteiger partial charge is 0.163 e. The van der Waals surface area contributed by atoms with E-state index in [4.69, 9.17) is 21.4 Å². The minimum Gasteiger partial charge on any atom is -0.396 e. The number of fused-ring (bicyclic) bond motifs is 1. The van der Waals surface area contributed by atoms with E-state index in [1.165, 1.54) is 0 Å². The summed E-state index contributed by atoms with van der Waals surface area (Å²) in [4.78, 5) is 0. The molecule has 5 N–H and O–H groups in total. The summed E-state index contributed by atoms with van der Waals surface area (Å²) in [5.74, 6) is 0. The molecule has 0 amide bonds. The zero-order chi connectivity index (χ0) is 23.0. The standard InChI is InChI=1S/C24H28ClNO6/c1-13-8-17(25)20-16(10-15-4-2-14(3-5-15)6-7-27)11-26(18(20)9-13)24-23(31)22(30)21(29)19(12-28)32-24/h2-5,8-9,11,19,21-24,27-31H,6-7,10,12H2,1H3/t19-,21-,22+,23-,24-/m1/s1. The average molecular weight is 462 g/mol. The highest BCUT2D eigenvalue weighted by Gasteiger charge is 2.44. The predicted molar refractivity (Wildman–Crippen MR) is 121 cm³/mol. The van der Waals surface area contributed by atoms with Gasteiger partial charge in [0.15, 0.2) is 6.23 Å². The number of ether oxygens (including phenoxy) is 1. The van der Waals surface area contributed by atoms with Crippen LogP contribution in [0.2, 0.25) is 5.02 Å². The average Bonchev–Trinajstić information content (AvgIpc) is 3.12. The minimum absolute atomic E-state index is 0.0981. The van der Waals surface area contributed by atoms with Crippen LogP contribution in [-0.4, -0.2) is 67.7 Å². The number of aliphatic hydroxyl groups excluding tert-OH is 5. The fraction of sp³-hybridized carbons (Fsp3) is 0.417. The number of hydrogen-bond donors (Lipinski definition) is 5. The van der Waals surface area contributed by atoms with Gasteiger partial charge in [0, 0.05) is 18.2 Å². The van der Waals surface area contributed by atoms with Crippen molar-refractivity contribution >= 4 is 22.5 Å². The summed E-state index contributed by atoms with van der Waals surface area (Å²) < 4.78 is 7.51. The van der Waals surface area contributed by atoms with Gasteiger partial charge in [-0.25, -0.2) is 0 Å². The summed E-state index contributed by atoms with van der Waals surface area (Å²) in [6.45, 7) is 1.52. The first-order valence-electron chi connectivity index (χ1n) is 10.6. The summed E-state index contributed by atoms with van der Waals surface area (Å²) in [7, 11) is 0. The molecule has 0 radical (unpaired) electrons. The fourth-order valence-corrected chi connectivity index (χ4v) is 4.77.